The van der Waals surface area contributed by atoms with Gasteiger partial charge in [0.15, 0.2) is 0 Å². The van der Waals surface area contributed by atoms with Gasteiger partial charge in [0.05, 0.1) is 0 Å². The first kappa shape index (κ1) is 12.7. The molecule has 0 spiro atoms. The highest BCUT2D eigenvalue weighted by atomic mass is 16.2. The van der Waals surface area contributed by atoms with Crippen LogP contribution < -0.4 is 10.6 Å². The SMILES string of the molecule is CNC(=O)C1(NC(=O)C2=C3C=CC=C3C=C2)CC=CC1. The number of allylic oxidation sites excluding steroid dienone is 6. The van der Waals surface area contributed by atoms with Crippen LogP contribution in [0.2, 0.25) is 0 Å². The standard InChI is InChI=1S/C16H16N2O2/c1-17-15(20)16(9-2-3-10-16)18-14(19)13-8-7-11-5-4-6-12(11)13/h2-8H,9-10H2,1H3,(H,17,20)(H,18,19). The fraction of sp³-hybridized carbons (Fsp3) is 0.250. The first-order chi connectivity index (χ1) is 9.66. The van der Waals surface area contributed by atoms with Gasteiger partial charge in [0.1, 0.15) is 5.54 Å². The fourth-order valence-electron chi connectivity index (χ4n) is 2.81. The Kier molecular flexibility index (Phi) is 2.93. The Bertz CT molecular complexity index is 625. The summed E-state index contributed by atoms with van der Waals surface area (Å²) in [7, 11) is 1.59. The highest BCUT2D eigenvalue weighted by Crippen LogP contribution is 2.31. The largest absolute Gasteiger partial charge is 0.357 e. The molecule has 0 unspecified atom stereocenters. The molecule has 0 fully saturated rings. The lowest BCUT2D eigenvalue weighted by Gasteiger charge is -2.28. The fourth-order valence-corrected chi connectivity index (χ4v) is 2.81. The van der Waals surface area contributed by atoms with Crippen molar-refractivity contribution in [3.63, 3.8) is 0 Å². The Labute approximate surface area is 117 Å². The molecular weight excluding hydrogens is 252 g/mol. The number of likely N-dealkylation sites (N-methyl/N-ethyl adjacent to an activating group) is 1. The molecular formula is C16H16N2O2. The number of carbonyl (C=O) groups excluding carboxylic acids is 2. The smallest absolute Gasteiger partial charge is 0.252 e. The molecule has 0 saturated heterocycles. The summed E-state index contributed by atoms with van der Waals surface area (Å²) < 4.78 is 0. The summed E-state index contributed by atoms with van der Waals surface area (Å²) in [6, 6.07) is 0. The van der Waals surface area contributed by atoms with Crippen molar-refractivity contribution in [3.8, 4) is 0 Å². The molecule has 0 atom stereocenters. The molecule has 3 aliphatic rings. The molecule has 102 valence electrons. The summed E-state index contributed by atoms with van der Waals surface area (Å²) >= 11 is 0. The van der Waals surface area contributed by atoms with Gasteiger partial charge >= 0.3 is 0 Å². The number of carbonyl (C=O) groups is 2. The first-order valence-corrected chi connectivity index (χ1v) is 6.67. The van der Waals surface area contributed by atoms with Crippen LogP contribution in [-0.4, -0.2) is 24.4 Å². The normalized spacial score (nSPS) is 21.1. The molecule has 0 radical (unpaired) electrons. The van der Waals surface area contributed by atoms with E-state index in [-0.39, 0.29) is 11.8 Å². The topological polar surface area (TPSA) is 58.2 Å². The minimum Gasteiger partial charge on any atom is -0.357 e. The van der Waals surface area contributed by atoms with Crippen LogP contribution in [0.25, 0.3) is 0 Å². The number of nitrogens with one attached hydrogen (secondary N) is 2. The van der Waals surface area contributed by atoms with Crippen molar-refractivity contribution in [2.45, 2.75) is 18.4 Å². The van der Waals surface area contributed by atoms with E-state index in [1.807, 2.05) is 36.5 Å². The third-order valence-corrected chi connectivity index (χ3v) is 3.93. The van der Waals surface area contributed by atoms with Crippen LogP contribution in [0, 0.1) is 0 Å². The van der Waals surface area contributed by atoms with Gasteiger partial charge in [-0.1, -0.05) is 36.5 Å². The van der Waals surface area contributed by atoms with E-state index in [0.717, 1.165) is 11.1 Å². The number of rotatable bonds is 3. The van der Waals surface area contributed by atoms with E-state index in [2.05, 4.69) is 10.6 Å². The second-order valence-corrected chi connectivity index (χ2v) is 5.14. The average molecular weight is 268 g/mol. The van der Waals surface area contributed by atoms with Crippen LogP contribution in [-0.2, 0) is 9.59 Å². The van der Waals surface area contributed by atoms with Crippen molar-refractivity contribution in [1.29, 1.82) is 0 Å². The van der Waals surface area contributed by atoms with Crippen LogP contribution in [0.3, 0.4) is 0 Å². The summed E-state index contributed by atoms with van der Waals surface area (Å²) in [6.45, 7) is 0. The summed E-state index contributed by atoms with van der Waals surface area (Å²) in [5.41, 5.74) is 1.76. The summed E-state index contributed by atoms with van der Waals surface area (Å²) in [6.07, 6.45) is 14.5. The molecule has 2 amide bonds. The van der Waals surface area contributed by atoms with Crippen molar-refractivity contribution in [2.24, 2.45) is 0 Å². The van der Waals surface area contributed by atoms with E-state index >= 15 is 0 Å². The van der Waals surface area contributed by atoms with Crippen LogP contribution in [0.1, 0.15) is 12.8 Å². The van der Waals surface area contributed by atoms with Crippen molar-refractivity contribution >= 4 is 11.8 Å². The van der Waals surface area contributed by atoms with Gasteiger partial charge in [-0.15, -0.1) is 0 Å². The lowest BCUT2D eigenvalue weighted by Crippen LogP contribution is -2.56. The van der Waals surface area contributed by atoms with E-state index in [4.69, 9.17) is 0 Å². The molecule has 3 rings (SSSR count). The van der Waals surface area contributed by atoms with Crippen LogP contribution in [0.4, 0.5) is 0 Å². The zero-order chi connectivity index (χ0) is 14.2. The summed E-state index contributed by atoms with van der Waals surface area (Å²) in [5.74, 6) is -0.348. The predicted molar refractivity (Wildman–Crippen MR) is 76.7 cm³/mol. The average Bonchev–Trinajstić information content (AvgIpc) is 3.13. The highest BCUT2D eigenvalue weighted by Gasteiger charge is 2.40. The Balaban J connectivity index is 1.84. The Morgan fingerprint density at radius 1 is 1.15 bits per heavy atom. The molecule has 20 heavy (non-hydrogen) atoms. The number of hydrogen-bond donors (Lipinski definition) is 2. The molecule has 0 aromatic rings. The maximum Gasteiger partial charge on any atom is 0.252 e. The second kappa shape index (κ2) is 4.63. The molecule has 0 aromatic heterocycles. The van der Waals surface area contributed by atoms with E-state index in [0.29, 0.717) is 18.4 Å². The maximum absolute atomic E-state index is 12.5. The van der Waals surface area contributed by atoms with Crippen molar-refractivity contribution in [3.05, 3.63) is 59.3 Å². The van der Waals surface area contributed by atoms with Gasteiger partial charge in [-0.2, -0.15) is 0 Å². The molecule has 0 heterocycles. The molecule has 4 nitrogen and oxygen atoms in total. The third-order valence-electron chi connectivity index (χ3n) is 3.93. The van der Waals surface area contributed by atoms with Gasteiger partial charge in [0, 0.05) is 12.6 Å². The van der Waals surface area contributed by atoms with E-state index < -0.39 is 5.54 Å². The Morgan fingerprint density at radius 3 is 2.60 bits per heavy atom. The van der Waals surface area contributed by atoms with Crippen LogP contribution in [0.5, 0.6) is 0 Å². The van der Waals surface area contributed by atoms with Gasteiger partial charge in [-0.05, 0) is 30.1 Å². The van der Waals surface area contributed by atoms with Gasteiger partial charge in [0.2, 0.25) is 5.91 Å². The minimum atomic E-state index is -0.845. The first-order valence-electron chi connectivity index (χ1n) is 6.67. The number of amides is 2. The van der Waals surface area contributed by atoms with Gasteiger partial charge in [-0.3, -0.25) is 9.59 Å². The molecule has 0 bridgehead atoms. The maximum atomic E-state index is 12.5. The Hall–Kier alpha value is -2.36. The van der Waals surface area contributed by atoms with Crippen molar-refractivity contribution in [1.82, 2.24) is 10.6 Å². The summed E-state index contributed by atoms with van der Waals surface area (Å²) in [5, 5.41) is 5.55. The molecule has 3 aliphatic carbocycles. The molecule has 0 aliphatic heterocycles. The monoisotopic (exact) mass is 268 g/mol. The number of fused-ring (bicyclic) bond motifs is 1. The summed E-state index contributed by atoms with van der Waals surface area (Å²) in [4.78, 5) is 24.6. The van der Waals surface area contributed by atoms with Crippen molar-refractivity contribution < 1.29 is 9.59 Å². The highest BCUT2D eigenvalue weighted by molar-refractivity contribution is 6.04. The lowest BCUT2D eigenvalue weighted by atomic mass is 9.94. The van der Waals surface area contributed by atoms with Gasteiger partial charge in [0.25, 0.3) is 5.91 Å². The Morgan fingerprint density at radius 2 is 1.90 bits per heavy atom. The van der Waals surface area contributed by atoms with E-state index in [9.17, 15) is 9.59 Å². The second-order valence-electron chi connectivity index (χ2n) is 5.14. The van der Waals surface area contributed by atoms with E-state index in [1.165, 1.54) is 0 Å². The quantitative estimate of drug-likeness (QED) is 0.758. The molecule has 0 aromatic carbocycles. The van der Waals surface area contributed by atoms with Crippen LogP contribution >= 0.6 is 0 Å². The van der Waals surface area contributed by atoms with Gasteiger partial charge in [-0.25, -0.2) is 0 Å². The molecule has 2 N–H and O–H groups in total. The lowest BCUT2D eigenvalue weighted by molar-refractivity contribution is -0.131. The van der Waals surface area contributed by atoms with Crippen LogP contribution in [0.15, 0.2) is 59.3 Å². The van der Waals surface area contributed by atoms with E-state index in [1.54, 1.807) is 13.1 Å². The molecule has 0 saturated carbocycles. The zero-order valence-corrected chi connectivity index (χ0v) is 11.3. The molecule has 4 heteroatoms. The minimum absolute atomic E-state index is 0.152. The zero-order valence-electron chi connectivity index (χ0n) is 11.3. The predicted octanol–water partition coefficient (Wildman–Crippen LogP) is 1.30. The van der Waals surface area contributed by atoms with Gasteiger partial charge < -0.3 is 10.6 Å². The van der Waals surface area contributed by atoms with Crippen molar-refractivity contribution in [2.75, 3.05) is 7.05 Å². The number of hydrogen-bond acceptors (Lipinski definition) is 2. The third kappa shape index (κ3) is 1.84.